The molecule has 1 aromatic carbocycles. The average Bonchev–Trinajstić information content (AvgIpc) is 2.79. The Morgan fingerprint density at radius 1 is 1.29 bits per heavy atom. The van der Waals surface area contributed by atoms with Crippen LogP contribution in [0.3, 0.4) is 0 Å². The van der Waals surface area contributed by atoms with E-state index in [0.29, 0.717) is 13.0 Å². The van der Waals surface area contributed by atoms with Crippen molar-refractivity contribution in [3.8, 4) is 0 Å². The number of carboxylic acid groups (broad SMARTS) is 1. The third-order valence-corrected chi connectivity index (χ3v) is 3.04. The van der Waals surface area contributed by atoms with Gasteiger partial charge in [0, 0.05) is 6.54 Å². The number of carbonyl (C=O) groups is 2. The highest BCUT2D eigenvalue weighted by Crippen LogP contribution is 2.18. The Bertz CT molecular complexity index is 416. The highest BCUT2D eigenvalue weighted by molar-refractivity contribution is 5.84. The number of hydrogen-bond donors (Lipinski definition) is 0. The number of carboxylic acids is 1. The zero-order valence-electron chi connectivity index (χ0n) is 9.46. The Labute approximate surface area is 99.9 Å². The summed E-state index contributed by atoms with van der Waals surface area (Å²) >= 11 is 0. The minimum absolute atomic E-state index is 0.136. The average molecular weight is 232 g/mol. The Kier molecular flexibility index (Phi) is 3.42. The number of carbonyl (C=O) groups excluding carboxylic acids is 2. The zero-order valence-corrected chi connectivity index (χ0v) is 9.46. The van der Waals surface area contributed by atoms with Gasteiger partial charge < -0.3 is 14.8 Å². The summed E-state index contributed by atoms with van der Waals surface area (Å²) in [5.41, 5.74) is 0.904. The zero-order chi connectivity index (χ0) is 12.3. The Morgan fingerprint density at radius 3 is 2.65 bits per heavy atom. The summed E-state index contributed by atoms with van der Waals surface area (Å²) in [5.74, 6) is -1.29. The first-order valence-corrected chi connectivity index (χ1v) is 5.73. The fraction of sp³-hybridized carbons (Fsp3) is 0.385. The predicted octanol–water partition coefficient (Wildman–Crippen LogP) is -0.0300. The summed E-state index contributed by atoms with van der Waals surface area (Å²) in [5, 5.41) is 10.9. The normalized spacial score (nSPS) is 19.3. The van der Waals surface area contributed by atoms with Gasteiger partial charge in [-0.1, -0.05) is 30.3 Å². The van der Waals surface area contributed by atoms with Gasteiger partial charge in [0.2, 0.25) is 5.91 Å². The molecule has 0 unspecified atom stereocenters. The van der Waals surface area contributed by atoms with E-state index >= 15 is 0 Å². The third kappa shape index (κ3) is 2.64. The van der Waals surface area contributed by atoms with Gasteiger partial charge in [0.1, 0.15) is 0 Å². The quantitative estimate of drug-likeness (QED) is 0.735. The van der Waals surface area contributed by atoms with Crippen molar-refractivity contribution in [3.05, 3.63) is 35.9 Å². The molecule has 1 heterocycles. The Hall–Kier alpha value is -1.84. The van der Waals surface area contributed by atoms with Crippen molar-refractivity contribution in [1.29, 1.82) is 0 Å². The molecule has 1 atom stereocenters. The molecule has 90 valence electrons. The Morgan fingerprint density at radius 2 is 2.00 bits per heavy atom. The van der Waals surface area contributed by atoms with Crippen LogP contribution in [0.4, 0.5) is 0 Å². The minimum Gasteiger partial charge on any atom is -0.548 e. The molecule has 1 aliphatic rings. The maximum Gasteiger partial charge on any atom is 0.227 e. The van der Waals surface area contributed by atoms with Crippen LogP contribution < -0.4 is 5.11 Å². The summed E-state index contributed by atoms with van der Waals surface area (Å²) < 4.78 is 0. The predicted molar refractivity (Wildman–Crippen MR) is 59.9 cm³/mol. The van der Waals surface area contributed by atoms with Crippen LogP contribution in [-0.4, -0.2) is 29.4 Å². The first kappa shape index (κ1) is 11.6. The lowest BCUT2D eigenvalue weighted by Crippen LogP contribution is -2.47. The van der Waals surface area contributed by atoms with E-state index in [-0.39, 0.29) is 12.3 Å². The van der Waals surface area contributed by atoms with Crippen LogP contribution in [-0.2, 0) is 16.0 Å². The SMILES string of the molecule is O=C([O-])[C@H]1CCCN1C(=O)Cc1ccccc1. The number of likely N-dealkylation sites (tertiary alicyclic amines) is 1. The smallest absolute Gasteiger partial charge is 0.227 e. The number of rotatable bonds is 3. The second-order valence-electron chi connectivity index (χ2n) is 4.23. The van der Waals surface area contributed by atoms with Crippen LogP contribution in [0.2, 0.25) is 0 Å². The van der Waals surface area contributed by atoms with Gasteiger partial charge in [-0.2, -0.15) is 0 Å². The summed E-state index contributed by atoms with van der Waals surface area (Å²) in [6.45, 7) is 0.518. The van der Waals surface area contributed by atoms with Crippen molar-refractivity contribution < 1.29 is 14.7 Å². The second-order valence-corrected chi connectivity index (χ2v) is 4.23. The highest BCUT2D eigenvalue weighted by atomic mass is 16.4. The molecule has 4 heteroatoms. The molecule has 1 fully saturated rings. The molecule has 0 aliphatic carbocycles. The number of amides is 1. The molecule has 1 aromatic rings. The van der Waals surface area contributed by atoms with Gasteiger partial charge in [-0.15, -0.1) is 0 Å². The van der Waals surface area contributed by atoms with Gasteiger partial charge in [-0.25, -0.2) is 0 Å². The van der Waals surface area contributed by atoms with E-state index in [0.717, 1.165) is 12.0 Å². The van der Waals surface area contributed by atoms with Crippen LogP contribution in [0.25, 0.3) is 0 Å². The molecule has 0 saturated carbocycles. The van der Waals surface area contributed by atoms with Crippen molar-refractivity contribution in [3.63, 3.8) is 0 Å². The van der Waals surface area contributed by atoms with E-state index in [4.69, 9.17) is 0 Å². The molecule has 2 rings (SSSR count). The van der Waals surface area contributed by atoms with Crippen molar-refractivity contribution in [1.82, 2.24) is 4.90 Å². The number of benzene rings is 1. The van der Waals surface area contributed by atoms with E-state index in [1.54, 1.807) is 0 Å². The molecule has 0 radical (unpaired) electrons. The minimum atomic E-state index is -1.15. The third-order valence-electron chi connectivity index (χ3n) is 3.04. The molecule has 17 heavy (non-hydrogen) atoms. The monoisotopic (exact) mass is 232 g/mol. The molecule has 4 nitrogen and oxygen atoms in total. The van der Waals surface area contributed by atoms with Crippen molar-refractivity contribution in [2.24, 2.45) is 0 Å². The van der Waals surface area contributed by atoms with Gasteiger partial charge in [0.25, 0.3) is 0 Å². The molecule has 1 amide bonds. The maximum atomic E-state index is 12.0. The lowest BCUT2D eigenvalue weighted by atomic mass is 10.1. The van der Waals surface area contributed by atoms with Crippen LogP contribution in [0.1, 0.15) is 18.4 Å². The van der Waals surface area contributed by atoms with Crippen LogP contribution in [0.15, 0.2) is 30.3 Å². The molecule has 1 saturated heterocycles. The molecule has 0 spiro atoms. The first-order valence-electron chi connectivity index (χ1n) is 5.73. The molecular formula is C13H14NO3-. The molecule has 1 aliphatic heterocycles. The highest BCUT2D eigenvalue weighted by Gasteiger charge is 2.29. The van der Waals surface area contributed by atoms with Gasteiger partial charge >= 0.3 is 0 Å². The molecule has 0 bridgehead atoms. The molecule has 0 N–H and O–H groups in total. The topological polar surface area (TPSA) is 60.4 Å². The van der Waals surface area contributed by atoms with Crippen molar-refractivity contribution in [2.45, 2.75) is 25.3 Å². The van der Waals surface area contributed by atoms with E-state index in [2.05, 4.69) is 0 Å². The van der Waals surface area contributed by atoms with E-state index in [9.17, 15) is 14.7 Å². The van der Waals surface area contributed by atoms with Crippen LogP contribution >= 0.6 is 0 Å². The maximum absolute atomic E-state index is 12.0. The van der Waals surface area contributed by atoms with Crippen molar-refractivity contribution in [2.75, 3.05) is 6.54 Å². The summed E-state index contributed by atoms with van der Waals surface area (Å²) in [4.78, 5) is 24.2. The fourth-order valence-corrected chi connectivity index (χ4v) is 2.18. The van der Waals surface area contributed by atoms with Gasteiger partial charge in [0.15, 0.2) is 0 Å². The van der Waals surface area contributed by atoms with E-state index in [1.165, 1.54) is 4.90 Å². The Balaban J connectivity index is 2.03. The van der Waals surface area contributed by atoms with E-state index in [1.807, 2.05) is 30.3 Å². The largest absolute Gasteiger partial charge is 0.548 e. The number of nitrogens with zero attached hydrogens (tertiary/aromatic N) is 1. The lowest BCUT2D eigenvalue weighted by Gasteiger charge is -2.25. The molecular weight excluding hydrogens is 218 g/mol. The standard InChI is InChI=1S/C13H15NO3/c15-12(9-10-5-2-1-3-6-10)14-8-4-7-11(14)13(16)17/h1-3,5-6,11H,4,7-9H2,(H,16,17)/p-1/t11-/m1/s1. The van der Waals surface area contributed by atoms with E-state index < -0.39 is 12.0 Å². The van der Waals surface area contributed by atoms with Crippen LogP contribution in [0.5, 0.6) is 0 Å². The summed E-state index contributed by atoms with van der Waals surface area (Å²) in [7, 11) is 0. The van der Waals surface area contributed by atoms with Gasteiger partial charge in [-0.05, 0) is 18.4 Å². The van der Waals surface area contributed by atoms with Gasteiger partial charge in [0.05, 0.1) is 18.4 Å². The fourth-order valence-electron chi connectivity index (χ4n) is 2.18. The lowest BCUT2D eigenvalue weighted by molar-refractivity contribution is -0.310. The first-order chi connectivity index (χ1) is 8.18. The summed E-state index contributed by atoms with van der Waals surface area (Å²) in [6.07, 6.45) is 1.49. The molecule has 0 aromatic heterocycles. The number of hydrogen-bond acceptors (Lipinski definition) is 3. The van der Waals surface area contributed by atoms with Gasteiger partial charge in [-0.3, -0.25) is 4.79 Å². The summed E-state index contributed by atoms with van der Waals surface area (Å²) in [6, 6.07) is 8.59. The van der Waals surface area contributed by atoms with Crippen molar-refractivity contribution >= 4 is 11.9 Å². The van der Waals surface area contributed by atoms with Crippen LogP contribution in [0, 0.1) is 0 Å². The number of aliphatic carboxylic acids is 1. The second kappa shape index (κ2) is 4.99.